The Balaban J connectivity index is 1.91. The second-order valence-electron chi connectivity index (χ2n) is 5.03. The summed E-state index contributed by atoms with van der Waals surface area (Å²) in [6, 6.07) is 9.38. The normalized spacial score (nSPS) is 10.2. The first kappa shape index (κ1) is 17.4. The average molecular weight is 334 g/mol. The molecular weight excluding hydrogens is 318 g/mol. The van der Waals surface area contributed by atoms with Crippen molar-refractivity contribution in [2.75, 3.05) is 6.54 Å². The lowest BCUT2D eigenvalue weighted by Crippen LogP contribution is -2.25. The van der Waals surface area contributed by atoms with E-state index in [4.69, 9.17) is 10.5 Å². The molecule has 2 rings (SSSR count). The Morgan fingerprint density at radius 1 is 1.00 bits per heavy atom. The zero-order chi connectivity index (χ0) is 17.5. The molecule has 2 aromatic rings. The summed E-state index contributed by atoms with van der Waals surface area (Å²) in [6.07, 6.45) is 0.680. The van der Waals surface area contributed by atoms with Crippen molar-refractivity contribution in [2.24, 2.45) is 5.73 Å². The molecule has 0 bridgehead atoms. The molecule has 0 fully saturated rings. The number of amides is 2. The van der Waals surface area contributed by atoms with Gasteiger partial charge in [-0.3, -0.25) is 9.59 Å². The van der Waals surface area contributed by atoms with Crippen molar-refractivity contribution < 1.29 is 23.1 Å². The van der Waals surface area contributed by atoms with Gasteiger partial charge in [0.05, 0.1) is 0 Å². The zero-order valence-corrected chi connectivity index (χ0v) is 12.7. The Hall–Kier alpha value is -2.96. The van der Waals surface area contributed by atoms with Crippen LogP contribution in [0.25, 0.3) is 0 Å². The van der Waals surface area contributed by atoms with Crippen LogP contribution in [0, 0.1) is 11.6 Å². The first-order valence-electron chi connectivity index (χ1n) is 7.25. The van der Waals surface area contributed by atoms with Crippen LogP contribution in [0.15, 0.2) is 42.5 Å². The first-order chi connectivity index (χ1) is 11.5. The Bertz CT molecular complexity index is 733. The smallest absolute Gasteiger partial charge is 0.251 e. The maximum absolute atomic E-state index is 13.1. The van der Waals surface area contributed by atoms with Crippen LogP contribution < -0.4 is 15.8 Å². The second-order valence-corrected chi connectivity index (χ2v) is 5.03. The molecule has 0 spiro atoms. The molecule has 0 aliphatic carbocycles. The number of hydrogen-bond acceptors (Lipinski definition) is 3. The fourth-order valence-corrected chi connectivity index (χ4v) is 1.92. The summed E-state index contributed by atoms with van der Waals surface area (Å²) >= 11 is 0. The molecule has 5 nitrogen and oxygen atoms in total. The van der Waals surface area contributed by atoms with Gasteiger partial charge >= 0.3 is 0 Å². The standard InChI is InChI=1S/C17H16F2N2O3/c18-14-8-7-13(10-15(14)19)24-12-5-3-11(4-6-12)17(23)21-9-1-2-16(20)22/h3-8,10H,1-2,9H2,(H2,20,22)(H,21,23). The van der Waals surface area contributed by atoms with Crippen molar-refractivity contribution in [2.45, 2.75) is 12.8 Å². The van der Waals surface area contributed by atoms with Crippen molar-refractivity contribution in [3.05, 3.63) is 59.7 Å². The van der Waals surface area contributed by atoms with Gasteiger partial charge in [-0.15, -0.1) is 0 Å². The summed E-state index contributed by atoms with van der Waals surface area (Å²) in [7, 11) is 0. The molecule has 0 aliphatic rings. The van der Waals surface area contributed by atoms with Crippen molar-refractivity contribution in [3.63, 3.8) is 0 Å². The van der Waals surface area contributed by atoms with Crippen molar-refractivity contribution in [1.29, 1.82) is 0 Å². The van der Waals surface area contributed by atoms with Gasteiger partial charge in [-0.1, -0.05) is 0 Å². The largest absolute Gasteiger partial charge is 0.457 e. The minimum Gasteiger partial charge on any atom is -0.457 e. The van der Waals surface area contributed by atoms with Crippen LogP contribution in [0.4, 0.5) is 8.78 Å². The van der Waals surface area contributed by atoms with E-state index in [2.05, 4.69) is 5.32 Å². The highest BCUT2D eigenvalue weighted by Crippen LogP contribution is 2.23. The molecule has 0 saturated heterocycles. The molecule has 0 saturated carbocycles. The molecule has 0 radical (unpaired) electrons. The molecule has 24 heavy (non-hydrogen) atoms. The van der Waals surface area contributed by atoms with Crippen LogP contribution in [-0.4, -0.2) is 18.4 Å². The van der Waals surface area contributed by atoms with Gasteiger partial charge in [-0.25, -0.2) is 8.78 Å². The number of carbonyl (C=O) groups excluding carboxylic acids is 2. The number of carbonyl (C=O) groups is 2. The van der Waals surface area contributed by atoms with E-state index >= 15 is 0 Å². The minimum absolute atomic E-state index is 0.151. The van der Waals surface area contributed by atoms with Gasteiger partial charge in [0.15, 0.2) is 11.6 Å². The summed E-state index contributed by atoms with van der Waals surface area (Å²) < 4.78 is 31.3. The monoisotopic (exact) mass is 334 g/mol. The summed E-state index contributed by atoms with van der Waals surface area (Å²) in [5, 5.41) is 2.66. The second kappa shape index (κ2) is 8.05. The van der Waals surface area contributed by atoms with Crippen LogP contribution in [0.1, 0.15) is 23.2 Å². The number of hydrogen-bond donors (Lipinski definition) is 2. The SMILES string of the molecule is NC(=O)CCCNC(=O)c1ccc(Oc2ccc(F)c(F)c2)cc1. The van der Waals surface area contributed by atoms with E-state index in [9.17, 15) is 18.4 Å². The quantitative estimate of drug-likeness (QED) is 0.764. The average Bonchev–Trinajstić information content (AvgIpc) is 2.55. The van der Waals surface area contributed by atoms with Crippen LogP contribution >= 0.6 is 0 Å². The molecule has 7 heteroatoms. The third-order valence-electron chi connectivity index (χ3n) is 3.13. The molecule has 2 aromatic carbocycles. The molecular formula is C17H16F2N2O3. The Morgan fingerprint density at radius 2 is 1.67 bits per heavy atom. The van der Waals surface area contributed by atoms with Crippen molar-refractivity contribution in [3.8, 4) is 11.5 Å². The highest BCUT2D eigenvalue weighted by Gasteiger charge is 2.07. The predicted molar refractivity (Wildman–Crippen MR) is 83.6 cm³/mol. The van der Waals surface area contributed by atoms with Gasteiger partial charge in [-0.2, -0.15) is 0 Å². The minimum atomic E-state index is -1.00. The van der Waals surface area contributed by atoms with Crippen LogP contribution in [0.3, 0.4) is 0 Å². The van der Waals surface area contributed by atoms with E-state index in [1.54, 1.807) is 24.3 Å². The molecule has 0 unspecified atom stereocenters. The van der Waals surface area contributed by atoms with E-state index < -0.39 is 17.5 Å². The lowest BCUT2D eigenvalue weighted by molar-refractivity contribution is -0.118. The fourth-order valence-electron chi connectivity index (χ4n) is 1.92. The van der Waals surface area contributed by atoms with Crippen LogP contribution in [-0.2, 0) is 4.79 Å². The summed E-state index contributed by atoms with van der Waals surface area (Å²) in [5.74, 6) is -2.13. The van der Waals surface area contributed by atoms with Gasteiger partial charge in [0.25, 0.3) is 5.91 Å². The first-order valence-corrected chi connectivity index (χ1v) is 7.25. The molecule has 126 valence electrons. The Kier molecular flexibility index (Phi) is 5.83. The molecule has 3 N–H and O–H groups in total. The fraction of sp³-hybridized carbons (Fsp3) is 0.176. The molecule has 0 aromatic heterocycles. The topological polar surface area (TPSA) is 81.4 Å². The third kappa shape index (κ3) is 5.05. The number of halogens is 2. The lowest BCUT2D eigenvalue weighted by atomic mass is 10.2. The van der Waals surface area contributed by atoms with E-state index in [0.29, 0.717) is 24.3 Å². The Labute approximate surface area is 137 Å². The number of nitrogens with one attached hydrogen (secondary N) is 1. The van der Waals surface area contributed by atoms with Gasteiger partial charge in [0.2, 0.25) is 5.91 Å². The number of primary amides is 1. The number of rotatable bonds is 7. The predicted octanol–water partition coefficient (Wildman–Crippen LogP) is 2.75. The van der Waals surface area contributed by atoms with Gasteiger partial charge in [0.1, 0.15) is 11.5 Å². The van der Waals surface area contributed by atoms with Crippen molar-refractivity contribution in [1.82, 2.24) is 5.32 Å². The van der Waals surface area contributed by atoms with E-state index in [1.807, 2.05) is 0 Å². The number of ether oxygens (including phenoxy) is 1. The van der Waals surface area contributed by atoms with E-state index in [1.165, 1.54) is 6.07 Å². The van der Waals surface area contributed by atoms with Crippen LogP contribution in [0.2, 0.25) is 0 Å². The summed E-state index contributed by atoms with van der Waals surface area (Å²) in [4.78, 5) is 22.5. The highest BCUT2D eigenvalue weighted by atomic mass is 19.2. The third-order valence-corrected chi connectivity index (χ3v) is 3.13. The number of benzene rings is 2. The Morgan fingerprint density at radius 3 is 2.29 bits per heavy atom. The molecule has 0 atom stereocenters. The van der Waals surface area contributed by atoms with Crippen LogP contribution in [0.5, 0.6) is 11.5 Å². The molecule has 0 heterocycles. The van der Waals surface area contributed by atoms with Gasteiger partial charge in [0, 0.05) is 24.6 Å². The zero-order valence-electron chi connectivity index (χ0n) is 12.7. The maximum Gasteiger partial charge on any atom is 0.251 e. The van der Waals surface area contributed by atoms with E-state index in [0.717, 1.165) is 12.1 Å². The molecule has 2 amide bonds. The number of nitrogens with two attached hydrogens (primary N) is 1. The van der Waals surface area contributed by atoms with E-state index in [-0.39, 0.29) is 18.1 Å². The van der Waals surface area contributed by atoms with Gasteiger partial charge < -0.3 is 15.8 Å². The lowest BCUT2D eigenvalue weighted by Gasteiger charge is -2.08. The highest BCUT2D eigenvalue weighted by molar-refractivity contribution is 5.94. The summed E-state index contributed by atoms with van der Waals surface area (Å²) in [5.41, 5.74) is 5.42. The van der Waals surface area contributed by atoms with Gasteiger partial charge in [-0.05, 0) is 42.8 Å². The summed E-state index contributed by atoms with van der Waals surface area (Å²) in [6.45, 7) is 0.342. The van der Waals surface area contributed by atoms with Crippen molar-refractivity contribution >= 4 is 11.8 Å². The molecule has 0 aliphatic heterocycles. The maximum atomic E-state index is 13.1.